The molecule has 14 heteroatoms. The molecule has 48 heavy (non-hydrogen) atoms. The van der Waals surface area contributed by atoms with Gasteiger partial charge in [0.25, 0.3) is 0 Å². The third-order valence-electron chi connectivity index (χ3n) is 8.05. The van der Waals surface area contributed by atoms with E-state index in [0.717, 1.165) is 5.82 Å². The average Bonchev–Trinajstić information content (AvgIpc) is 3.46. The Morgan fingerprint density at radius 3 is 2.69 bits per heavy atom. The molecule has 6 rings (SSSR count). The van der Waals surface area contributed by atoms with Gasteiger partial charge in [-0.2, -0.15) is 15.2 Å². The van der Waals surface area contributed by atoms with Gasteiger partial charge in [-0.05, 0) is 32.2 Å². The lowest BCUT2D eigenvalue weighted by molar-refractivity contribution is 0.0145. The van der Waals surface area contributed by atoms with Crippen LogP contribution in [0.1, 0.15) is 33.0 Å². The monoisotopic (exact) mass is 674 g/mol. The minimum absolute atomic E-state index is 0.0426. The fraction of sp³-hybridized carbons (Fsp3) is 0.353. The van der Waals surface area contributed by atoms with Crippen molar-refractivity contribution in [1.29, 1.82) is 5.26 Å². The van der Waals surface area contributed by atoms with Gasteiger partial charge in [0.1, 0.15) is 34.3 Å². The summed E-state index contributed by atoms with van der Waals surface area (Å²) in [4.78, 5) is 34.4. The van der Waals surface area contributed by atoms with Crippen LogP contribution in [0.2, 0.25) is 5.02 Å². The Labute approximate surface area is 280 Å². The Morgan fingerprint density at radius 2 is 1.96 bits per heavy atom. The van der Waals surface area contributed by atoms with Crippen LogP contribution in [0.3, 0.4) is 0 Å². The lowest BCUT2D eigenvalue weighted by Crippen LogP contribution is -2.56. The molecule has 1 atom stereocenters. The molecule has 1 aliphatic rings. The highest BCUT2D eigenvalue weighted by molar-refractivity contribution is 6.36. The molecule has 1 amide bonds. The van der Waals surface area contributed by atoms with E-state index in [-0.39, 0.29) is 48.4 Å². The molecule has 0 spiro atoms. The van der Waals surface area contributed by atoms with E-state index in [0.29, 0.717) is 40.5 Å². The van der Waals surface area contributed by atoms with E-state index in [4.69, 9.17) is 21.1 Å². The first-order valence-electron chi connectivity index (χ1n) is 15.4. The van der Waals surface area contributed by atoms with Crippen LogP contribution in [-0.4, -0.2) is 73.4 Å². The molecule has 5 aromatic rings. The number of nitriles is 1. The first-order valence-corrected chi connectivity index (χ1v) is 15.8. The fourth-order valence-electron chi connectivity index (χ4n) is 5.78. The molecule has 1 aliphatic heterocycles. The van der Waals surface area contributed by atoms with Gasteiger partial charge in [-0.25, -0.2) is 18.6 Å². The summed E-state index contributed by atoms with van der Waals surface area (Å²) >= 11 is 6.38. The first kappa shape index (κ1) is 32.8. The summed E-state index contributed by atoms with van der Waals surface area (Å²) in [6.45, 7) is 6.26. The van der Waals surface area contributed by atoms with E-state index in [1.165, 1.54) is 12.3 Å². The Bertz CT molecular complexity index is 2060. The summed E-state index contributed by atoms with van der Waals surface area (Å²) < 4.78 is 44.7. The van der Waals surface area contributed by atoms with Gasteiger partial charge in [-0.15, -0.1) is 0 Å². The van der Waals surface area contributed by atoms with Crippen LogP contribution < -0.4 is 9.64 Å². The Kier molecular flexibility index (Phi) is 9.03. The number of imidazole rings is 1. The number of fused-ring (bicyclic) bond motifs is 2. The number of benzene rings is 2. The molecule has 248 valence electrons. The SMILES string of the molecule is Cn1ccnc1CCOc1nc(N2CCN(C(=O)OC(C)(C)C)[C@@H](CC#N)C2)c2cnc(-c3cccc4ccc(F)c(Cl)c34)c(F)c2n1. The van der Waals surface area contributed by atoms with Gasteiger partial charge < -0.3 is 23.8 Å². The van der Waals surface area contributed by atoms with Crippen LogP contribution in [0.4, 0.5) is 19.4 Å². The number of hydrogen-bond acceptors (Lipinski definition) is 9. The van der Waals surface area contributed by atoms with Crippen molar-refractivity contribution in [2.45, 2.75) is 45.3 Å². The van der Waals surface area contributed by atoms with Crippen molar-refractivity contribution in [1.82, 2.24) is 29.4 Å². The van der Waals surface area contributed by atoms with Crippen LogP contribution in [0, 0.1) is 23.0 Å². The largest absolute Gasteiger partial charge is 0.463 e. The van der Waals surface area contributed by atoms with E-state index in [1.54, 1.807) is 56.1 Å². The molecule has 1 fully saturated rings. The van der Waals surface area contributed by atoms with Crippen molar-refractivity contribution in [2.75, 3.05) is 31.1 Å². The molecule has 0 radical (unpaired) electrons. The van der Waals surface area contributed by atoms with Crippen molar-refractivity contribution in [2.24, 2.45) is 7.05 Å². The highest BCUT2D eigenvalue weighted by Crippen LogP contribution is 2.38. The van der Waals surface area contributed by atoms with Gasteiger partial charge in [0.05, 0.1) is 35.5 Å². The second-order valence-corrected chi connectivity index (χ2v) is 12.8. The number of rotatable bonds is 7. The maximum Gasteiger partial charge on any atom is 0.410 e. The van der Waals surface area contributed by atoms with E-state index >= 15 is 4.39 Å². The number of carbonyl (C=O) groups is 1. The molecule has 1 saturated heterocycles. The summed E-state index contributed by atoms with van der Waals surface area (Å²) in [6, 6.07) is 9.48. The zero-order chi connectivity index (χ0) is 34.2. The van der Waals surface area contributed by atoms with Gasteiger partial charge in [0.15, 0.2) is 5.82 Å². The lowest BCUT2D eigenvalue weighted by atomic mass is 10.0. The average molecular weight is 675 g/mol. The van der Waals surface area contributed by atoms with Crippen molar-refractivity contribution >= 4 is 45.2 Å². The van der Waals surface area contributed by atoms with Crippen molar-refractivity contribution < 1.29 is 23.0 Å². The predicted octanol–water partition coefficient (Wildman–Crippen LogP) is 6.47. The number of hydrogen-bond donors (Lipinski definition) is 0. The smallest absolute Gasteiger partial charge is 0.410 e. The normalized spacial score (nSPS) is 15.2. The van der Waals surface area contributed by atoms with E-state index in [1.807, 2.05) is 22.7 Å². The zero-order valence-electron chi connectivity index (χ0n) is 26.9. The Morgan fingerprint density at radius 1 is 1.15 bits per heavy atom. The summed E-state index contributed by atoms with van der Waals surface area (Å²) in [5, 5.41) is 10.7. The fourth-order valence-corrected chi connectivity index (χ4v) is 6.06. The summed E-state index contributed by atoms with van der Waals surface area (Å²) in [6.07, 6.45) is 4.94. The zero-order valence-corrected chi connectivity index (χ0v) is 27.6. The third-order valence-corrected chi connectivity index (χ3v) is 8.42. The number of aryl methyl sites for hydroxylation is 1. The summed E-state index contributed by atoms with van der Waals surface area (Å²) in [5.74, 6) is -0.285. The standard InChI is InChI=1S/C34H33ClF2N8O3/c1-34(2,3)48-33(46)45-16-15-44(19-21(45)10-12-38)31-23-18-40-29(22-7-5-6-20-8-9-24(36)27(35)26(20)22)28(37)30(23)41-32(42-31)47-17-11-25-39-13-14-43(25)4/h5-9,13-14,18,21H,10-11,15-17,19H2,1-4H3/t21-/m0/s1. The van der Waals surface area contributed by atoms with E-state index in [9.17, 15) is 14.4 Å². The van der Waals surface area contributed by atoms with Crippen molar-refractivity contribution in [3.8, 4) is 23.3 Å². The van der Waals surface area contributed by atoms with Gasteiger partial charge in [0, 0.05) is 62.6 Å². The molecule has 0 saturated carbocycles. The van der Waals surface area contributed by atoms with Crippen molar-refractivity contribution in [3.63, 3.8) is 0 Å². The van der Waals surface area contributed by atoms with Crippen LogP contribution in [-0.2, 0) is 18.2 Å². The number of anilines is 1. The number of aromatic nitrogens is 5. The molecule has 11 nitrogen and oxygen atoms in total. The minimum Gasteiger partial charge on any atom is -0.463 e. The molecular formula is C34H33ClF2N8O3. The van der Waals surface area contributed by atoms with Gasteiger partial charge in [-0.1, -0.05) is 35.9 Å². The minimum atomic E-state index is -0.765. The van der Waals surface area contributed by atoms with Crippen LogP contribution in [0.15, 0.2) is 48.9 Å². The molecule has 0 aliphatic carbocycles. The number of pyridine rings is 1. The second-order valence-electron chi connectivity index (χ2n) is 12.5. The molecule has 0 unspecified atom stereocenters. The maximum absolute atomic E-state index is 16.7. The summed E-state index contributed by atoms with van der Waals surface area (Å²) in [5.41, 5.74) is -0.542. The predicted molar refractivity (Wildman–Crippen MR) is 177 cm³/mol. The Balaban J connectivity index is 1.42. The number of ether oxygens (including phenoxy) is 2. The maximum atomic E-state index is 16.7. The van der Waals surface area contributed by atoms with E-state index in [2.05, 4.69) is 26.0 Å². The molecule has 2 aromatic carbocycles. The molecule has 0 bridgehead atoms. The number of piperazine rings is 1. The first-order chi connectivity index (χ1) is 22.9. The number of carbonyl (C=O) groups excluding carboxylic acids is 1. The van der Waals surface area contributed by atoms with Crippen molar-refractivity contribution in [3.05, 3.63) is 71.4 Å². The molecular weight excluding hydrogens is 642 g/mol. The highest BCUT2D eigenvalue weighted by atomic mass is 35.5. The summed E-state index contributed by atoms with van der Waals surface area (Å²) in [7, 11) is 1.87. The van der Waals surface area contributed by atoms with E-state index < -0.39 is 29.4 Å². The second kappa shape index (κ2) is 13.2. The van der Waals surface area contributed by atoms with Crippen LogP contribution in [0.25, 0.3) is 32.9 Å². The lowest BCUT2D eigenvalue weighted by Gasteiger charge is -2.41. The number of amides is 1. The van der Waals surface area contributed by atoms with Crippen LogP contribution in [0.5, 0.6) is 6.01 Å². The topological polar surface area (TPSA) is 122 Å². The quantitative estimate of drug-likeness (QED) is 0.191. The molecule has 0 N–H and O–H groups in total. The Hall–Kier alpha value is -5.09. The number of nitrogens with zero attached hydrogens (tertiary/aromatic N) is 8. The highest BCUT2D eigenvalue weighted by Gasteiger charge is 2.35. The third kappa shape index (κ3) is 6.53. The van der Waals surface area contributed by atoms with Gasteiger partial charge in [0.2, 0.25) is 0 Å². The number of halogens is 3. The van der Waals surface area contributed by atoms with Gasteiger partial charge >= 0.3 is 12.1 Å². The molecule has 3 aromatic heterocycles. The van der Waals surface area contributed by atoms with Crippen LogP contribution >= 0.6 is 11.6 Å². The molecule has 4 heterocycles. The van der Waals surface area contributed by atoms with Gasteiger partial charge in [-0.3, -0.25) is 4.98 Å².